The zero-order valence-electron chi connectivity index (χ0n) is 10.6. The van der Waals surface area contributed by atoms with Crippen LogP contribution >= 0.6 is 0 Å². The van der Waals surface area contributed by atoms with E-state index in [1.54, 1.807) is 6.92 Å². The third-order valence-corrected chi connectivity index (χ3v) is 3.26. The Labute approximate surface area is 100 Å². The van der Waals surface area contributed by atoms with Gasteiger partial charge in [-0.15, -0.1) is 0 Å². The molecule has 0 aromatic heterocycles. The van der Waals surface area contributed by atoms with E-state index >= 15 is 0 Å². The lowest BCUT2D eigenvalue weighted by molar-refractivity contribution is -0.274. The molecule has 0 rings (SSSR count). The molecule has 0 aromatic rings. The van der Waals surface area contributed by atoms with Gasteiger partial charge in [-0.1, -0.05) is 26.7 Å². The molecule has 0 heterocycles. The van der Waals surface area contributed by atoms with Gasteiger partial charge in [-0.25, -0.2) is 4.39 Å². The summed E-state index contributed by atoms with van der Waals surface area (Å²) in [5.74, 6) is -1.07. The summed E-state index contributed by atoms with van der Waals surface area (Å²) in [7, 11) is 0. The summed E-state index contributed by atoms with van der Waals surface area (Å²) in [6, 6.07) is 0. The summed E-state index contributed by atoms with van der Waals surface area (Å²) in [6.07, 6.45) is -4.56. The summed E-state index contributed by atoms with van der Waals surface area (Å²) < 4.78 is 51.3. The minimum absolute atomic E-state index is 0.177. The van der Waals surface area contributed by atoms with Crippen LogP contribution in [0.15, 0.2) is 0 Å². The largest absolute Gasteiger partial charge is 0.417 e. The number of hydrogen-bond acceptors (Lipinski definition) is 1. The predicted octanol–water partition coefficient (Wildman–Crippen LogP) is 4.24. The van der Waals surface area contributed by atoms with Gasteiger partial charge in [0.15, 0.2) is 5.60 Å². The SMILES string of the molecule is CCCCC(CC(F)CC)C(C)(O)C(F)(F)F. The molecule has 0 fully saturated rings. The number of aliphatic hydroxyl groups is 1. The van der Waals surface area contributed by atoms with Gasteiger partial charge in [0.1, 0.15) is 6.17 Å². The second kappa shape index (κ2) is 6.57. The van der Waals surface area contributed by atoms with Crippen LogP contribution in [0.25, 0.3) is 0 Å². The molecule has 1 N–H and O–H groups in total. The summed E-state index contributed by atoms with van der Waals surface area (Å²) in [4.78, 5) is 0. The van der Waals surface area contributed by atoms with Crippen molar-refractivity contribution in [1.82, 2.24) is 0 Å². The molecule has 0 saturated heterocycles. The Morgan fingerprint density at radius 2 is 1.71 bits per heavy atom. The first-order valence-electron chi connectivity index (χ1n) is 6.09. The molecule has 0 aromatic carbocycles. The lowest BCUT2D eigenvalue weighted by Gasteiger charge is -2.35. The third-order valence-electron chi connectivity index (χ3n) is 3.26. The van der Waals surface area contributed by atoms with Gasteiger partial charge in [0, 0.05) is 0 Å². The standard InChI is InChI=1S/C12H22F4O/c1-4-6-7-9(8-10(13)5-2)11(3,17)12(14,15)16/h9-10,17H,4-8H2,1-3H3. The van der Waals surface area contributed by atoms with Gasteiger partial charge in [0.2, 0.25) is 0 Å². The van der Waals surface area contributed by atoms with Crippen LogP contribution in [0.2, 0.25) is 0 Å². The maximum atomic E-state index is 13.2. The summed E-state index contributed by atoms with van der Waals surface area (Å²) >= 11 is 0. The smallest absolute Gasteiger partial charge is 0.380 e. The third kappa shape index (κ3) is 4.82. The Hall–Kier alpha value is -0.320. The van der Waals surface area contributed by atoms with Gasteiger partial charge < -0.3 is 5.11 Å². The fourth-order valence-corrected chi connectivity index (χ4v) is 1.79. The van der Waals surface area contributed by atoms with E-state index in [4.69, 9.17) is 0 Å². The fraction of sp³-hybridized carbons (Fsp3) is 1.00. The lowest BCUT2D eigenvalue weighted by atomic mass is 9.80. The first kappa shape index (κ1) is 16.7. The molecule has 0 spiro atoms. The molecule has 0 saturated carbocycles. The zero-order chi connectivity index (χ0) is 13.7. The maximum Gasteiger partial charge on any atom is 0.417 e. The first-order chi connectivity index (χ1) is 7.66. The monoisotopic (exact) mass is 258 g/mol. The summed E-state index contributed by atoms with van der Waals surface area (Å²) in [5.41, 5.74) is -2.80. The number of hydrogen-bond donors (Lipinski definition) is 1. The van der Waals surface area contributed by atoms with Crippen molar-refractivity contribution in [2.75, 3.05) is 0 Å². The average Bonchev–Trinajstić information content (AvgIpc) is 2.21. The Bertz CT molecular complexity index is 213. The van der Waals surface area contributed by atoms with Gasteiger partial charge in [0.25, 0.3) is 0 Å². The van der Waals surface area contributed by atoms with Gasteiger partial charge in [-0.2, -0.15) is 13.2 Å². The molecule has 0 radical (unpaired) electrons. The molecule has 0 amide bonds. The van der Waals surface area contributed by atoms with E-state index in [-0.39, 0.29) is 19.3 Å². The van der Waals surface area contributed by atoms with Crippen LogP contribution in [0.5, 0.6) is 0 Å². The van der Waals surface area contributed by atoms with Gasteiger partial charge in [0.05, 0.1) is 0 Å². The summed E-state index contributed by atoms with van der Waals surface area (Å²) in [6.45, 7) is 4.19. The number of unbranched alkanes of at least 4 members (excludes halogenated alkanes) is 1. The highest BCUT2D eigenvalue weighted by Crippen LogP contribution is 2.40. The molecule has 0 aliphatic rings. The second-order valence-electron chi connectivity index (χ2n) is 4.73. The lowest BCUT2D eigenvalue weighted by Crippen LogP contribution is -2.49. The average molecular weight is 258 g/mol. The Morgan fingerprint density at radius 3 is 2.06 bits per heavy atom. The van der Waals surface area contributed by atoms with Crippen molar-refractivity contribution >= 4 is 0 Å². The quantitative estimate of drug-likeness (QED) is 0.677. The molecule has 5 heteroatoms. The zero-order valence-corrected chi connectivity index (χ0v) is 10.6. The van der Waals surface area contributed by atoms with Crippen LogP contribution in [-0.4, -0.2) is 23.1 Å². The molecule has 3 unspecified atom stereocenters. The van der Waals surface area contributed by atoms with E-state index in [1.165, 1.54) is 0 Å². The van der Waals surface area contributed by atoms with E-state index in [0.717, 1.165) is 13.3 Å². The van der Waals surface area contributed by atoms with E-state index in [1.807, 2.05) is 6.92 Å². The van der Waals surface area contributed by atoms with E-state index in [9.17, 15) is 22.7 Å². The summed E-state index contributed by atoms with van der Waals surface area (Å²) in [5, 5.41) is 9.59. The number of alkyl halides is 4. The maximum absolute atomic E-state index is 13.2. The van der Waals surface area contributed by atoms with E-state index in [0.29, 0.717) is 6.42 Å². The van der Waals surface area contributed by atoms with Crippen molar-refractivity contribution in [1.29, 1.82) is 0 Å². The topological polar surface area (TPSA) is 20.2 Å². The molecule has 104 valence electrons. The molecule has 1 nitrogen and oxygen atoms in total. The van der Waals surface area contributed by atoms with Crippen LogP contribution < -0.4 is 0 Å². The minimum atomic E-state index is -4.71. The molecule has 0 aliphatic heterocycles. The van der Waals surface area contributed by atoms with Crippen molar-refractivity contribution in [2.45, 2.75) is 70.8 Å². The van der Waals surface area contributed by atoms with Crippen molar-refractivity contribution in [3.05, 3.63) is 0 Å². The van der Waals surface area contributed by atoms with Gasteiger partial charge >= 0.3 is 6.18 Å². The van der Waals surface area contributed by atoms with Crippen LogP contribution in [0.3, 0.4) is 0 Å². The molecular formula is C12H22F4O. The van der Waals surface area contributed by atoms with Crippen molar-refractivity contribution < 1.29 is 22.7 Å². The Balaban J connectivity index is 4.77. The second-order valence-corrected chi connectivity index (χ2v) is 4.73. The van der Waals surface area contributed by atoms with Crippen LogP contribution in [0.4, 0.5) is 17.6 Å². The first-order valence-corrected chi connectivity index (χ1v) is 6.09. The van der Waals surface area contributed by atoms with Crippen molar-refractivity contribution in [3.8, 4) is 0 Å². The van der Waals surface area contributed by atoms with Gasteiger partial charge in [-0.3, -0.25) is 0 Å². The molecule has 0 aliphatic carbocycles. The van der Waals surface area contributed by atoms with Crippen LogP contribution in [0.1, 0.15) is 52.9 Å². The van der Waals surface area contributed by atoms with Gasteiger partial charge in [-0.05, 0) is 32.1 Å². The van der Waals surface area contributed by atoms with Crippen molar-refractivity contribution in [3.63, 3.8) is 0 Å². The fourth-order valence-electron chi connectivity index (χ4n) is 1.79. The van der Waals surface area contributed by atoms with E-state index in [2.05, 4.69) is 0 Å². The highest BCUT2D eigenvalue weighted by atomic mass is 19.4. The minimum Gasteiger partial charge on any atom is -0.380 e. The number of rotatable bonds is 7. The number of halogens is 4. The van der Waals surface area contributed by atoms with Crippen LogP contribution in [-0.2, 0) is 0 Å². The molecular weight excluding hydrogens is 236 g/mol. The predicted molar refractivity (Wildman–Crippen MR) is 59.5 cm³/mol. The molecule has 17 heavy (non-hydrogen) atoms. The Morgan fingerprint density at radius 1 is 1.18 bits per heavy atom. The highest BCUT2D eigenvalue weighted by Gasteiger charge is 2.54. The normalized spacial score (nSPS) is 19.8. The van der Waals surface area contributed by atoms with E-state index < -0.39 is 23.9 Å². The molecule has 0 bridgehead atoms. The highest BCUT2D eigenvalue weighted by molar-refractivity contribution is 4.90. The van der Waals surface area contributed by atoms with Crippen LogP contribution in [0, 0.1) is 5.92 Å². The van der Waals surface area contributed by atoms with Crippen molar-refractivity contribution in [2.24, 2.45) is 5.92 Å². The molecule has 3 atom stereocenters. The Kier molecular flexibility index (Phi) is 6.45.